The first-order valence-electron chi connectivity index (χ1n) is 6.16. The maximum Gasteiger partial charge on any atom is 0.303 e. The lowest BCUT2D eigenvalue weighted by atomic mass is 10.2. The van der Waals surface area contributed by atoms with Gasteiger partial charge in [0, 0.05) is 12.5 Å². The highest BCUT2D eigenvalue weighted by molar-refractivity contribution is 5.66. The highest BCUT2D eigenvalue weighted by Crippen LogP contribution is 1.97. The number of nitrogens with one attached hydrogen (secondary N) is 1. The van der Waals surface area contributed by atoms with Crippen LogP contribution in [0, 0.1) is 0 Å². The summed E-state index contributed by atoms with van der Waals surface area (Å²) < 4.78 is 0. The van der Waals surface area contributed by atoms with Gasteiger partial charge in [-0.2, -0.15) is 0 Å². The smallest absolute Gasteiger partial charge is 0.303 e. The van der Waals surface area contributed by atoms with Gasteiger partial charge in [0.25, 0.3) is 0 Å². The molecule has 0 heterocycles. The Labute approximate surface area is 99.0 Å². The molecule has 0 rings (SSSR count). The molecule has 0 bridgehead atoms. The van der Waals surface area contributed by atoms with Crippen LogP contribution in [0.1, 0.15) is 39.5 Å². The number of hydrogen-bond acceptors (Lipinski definition) is 3. The molecule has 4 heteroatoms. The van der Waals surface area contributed by atoms with E-state index in [-0.39, 0.29) is 6.42 Å². The third-order valence-corrected chi connectivity index (χ3v) is 2.74. The van der Waals surface area contributed by atoms with Crippen molar-refractivity contribution in [1.82, 2.24) is 10.2 Å². The summed E-state index contributed by atoms with van der Waals surface area (Å²) in [5.74, 6) is -0.708. The Balaban J connectivity index is 3.13. The van der Waals surface area contributed by atoms with Crippen LogP contribution in [-0.4, -0.2) is 48.7 Å². The van der Waals surface area contributed by atoms with Crippen LogP contribution in [0.25, 0.3) is 0 Å². The van der Waals surface area contributed by atoms with Crippen molar-refractivity contribution in [3.63, 3.8) is 0 Å². The molecule has 2 N–H and O–H groups in total. The van der Waals surface area contributed by atoms with Crippen LogP contribution in [0.3, 0.4) is 0 Å². The quantitative estimate of drug-likeness (QED) is 0.559. The van der Waals surface area contributed by atoms with Gasteiger partial charge in [0.15, 0.2) is 0 Å². The van der Waals surface area contributed by atoms with E-state index in [1.54, 1.807) is 0 Å². The molecule has 0 aliphatic carbocycles. The third kappa shape index (κ3) is 9.93. The van der Waals surface area contributed by atoms with Gasteiger partial charge in [0.2, 0.25) is 0 Å². The number of carboxylic acids is 1. The molecule has 0 saturated carbocycles. The van der Waals surface area contributed by atoms with Crippen molar-refractivity contribution in [2.45, 2.75) is 45.6 Å². The Bertz CT molecular complexity index is 184. The van der Waals surface area contributed by atoms with E-state index in [4.69, 9.17) is 5.11 Å². The number of nitrogens with zero attached hydrogens (tertiary/aromatic N) is 1. The molecule has 0 aromatic rings. The fraction of sp³-hybridized carbons (Fsp3) is 0.917. The fourth-order valence-electron chi connectivity index (χ4n) is 1.36. The van der Waals surface area contributed by atoms with Crippen LogP contribution in [0.5, 0.6) is 0 Å². The summed E-state index contributed by atoms with van der Waals surface area (Å²) >= 11 is 0. The Morgan fingerprint density at radius 1 is 1.25 bits per heavy atom. The van der Waals surface area contributed by atoms with Crippen molar-refractivity contribution in [2.24, 2.45) is 0 Å². The Morgan fingerprint density at radius 2 is 1.88 bits per heavy atom. The van der Waals surface area contributed by atoms with Crippen LogP contribution in [0.2, 0.25) is 0 Å². The van der Waals surface area contributed by atoms with E-state index in [1.807, 2.05) is 0 Å². The van der Waals surface area contributed by atoms with Gasteiger partial charge in [-0.1, -0.05) is 0 Å². The van der Waals surface area contributed by atoms with Crippen molar-refractivity contribution in [2.75, 3.05) is 26.7 Å². The predicted octanol–water partition coefficient (Wildman–Crippen LogP) is 1.56. The Hall–Kier alpha value is -0.610. The summed E-state index contributed by atoms with van der Waals surface area (Å²) in [7, 11) is 2.14. The molecule has 0 spiro atoms. The lowest BCUT2D eigenvalue weighted by Gasteiger charge is -2.20. The van der Waals surface area contributed by atoms with Gasteiger partial charge in [-0.3, -0.25) is 4.79 Å². The first kappa shape index (κ1) is 15.4. The van der Waals surface area contributed by atoms with Gasteiger partial charge < -0.3 is 15.3 Å². The lowest BCUT2D eigenvalue weighted by Crippen LogP contribution is -2.28. The van der Waals surface area contributed by atoms with Crippen molar-refractivity contribution < 1.29 is 9.90 Å². The average Bonchev–Trinajstić information content (AvgIpc) is 2.21. The van der Waals surface area contributed by atoms with Crippen LogP contribution in [0.15, 0.2) is 0 Å². The van der Waals surface area contributed by atoms with Gasteiger partial charge in [-0.25, -0.2) is 0 Å². The summed E-state index contributed by atoms with van der Waals surface area (Å²) in [5, 5.41) is 11.7. The monoisotopic (exact) mass is 230 g/mol. The first-order chi connectivity index (χ1) is 7.54. The van der Waals surface area contributed by atoms with Crippen LogP contribution >= 0.6 is 0 Å². The molecule has 96 valence electrons. The van der Waals surface area contributed by atoms with Gasteiger partial charge in [0.05, 0.1) is 0 Å². The standard InChI is InChI=1S/C12H26N2O2/c1-11(2)14(3)10-5-4-8-13-9-6-7-12(15)16/h11,13H,4-10H2,1-3H3,(H,15,16). The molecule has 0 atom stereocenters. The number of rotatable bonds is 10. The molecule has 0 aromatic carbocycles. The Kier molecular flexibility index (Phi) is 9.24. The third-order valence-electron chi connectivity index (χ3n) is 2.74. The number of aliphatic carboxylic acids is 1. The molecule has 0 fully saturated rings. The molecule has 0 amide bonds. The largest absolute Gasteiger partial charge is 0.481 e. The van der Waals surface area contributed by atoms with Crippen molar-refractivity contribution >= 4 is 5.97 Å². The number of carbonyl (C=O) groups is 1. The fourth-order valence-corrected chi connectivity index (χ4v) is 1.36. The topological polar surface area (TPSA) is 52.6 Å². The summed E-state index contributed by atoms with van der Waals surface area (Å²) in [4.78, 5) is 12.6. The van der Waals surface area contributed by atoms with Crippen LogP contribution in [0.4, 0.5) is 0 Å². The van der Waals surface area contributed by atoms with E-state index in [0.29, 0.717) is 6.04 Å². The first-order valence-corrected chi connectivity index (χ1v) is 6.16. The predicted molar refractivity (Wildman–Crippen MR) is 66.7 cm³/mol. The molecule has 0 saturated heterocycles. The van der Waals surface area contributed by atoms with E-state index in [1.165, 1.54) is 6.42 Å². The van der Waals surface area contributed by atoms with E-state index in [0.717, 1.165) is 32.5 Å². The average molecular weight is 230 g/mol. The van der Waals surface area contributed by atoms with Crippen molar-refractivity contribution in [1.29, 1.82) is 0 Å². The van der Waals surface area contributed by atoms with E-state index in [9.17, 15) is 4.79 Å². The molecule has 4 nitrogen and oxygen atoms in total. The molecule has 0 radical (unpaired) electrons. The maximum absolute atomic E-state index is 10.2. The minimum Gasteiger partial charge on any atom is -0.481 e. The maximum atomic E-state index is 10.2. The zero-order chi connectivity index (χ0) is 12.4. The van der Waals surface area contributed by atoms with Gasteiger partial charge in [0.1, 0.15) is 0 Å². The number of unbranched alkanes of at least 4 members (excludes halogenated alkanes) is 1. The van der Waals surface area contributed by atoms with Crippen LogP contribution in [-0.2, 0) is 4.79 Å². The second-order valence-electron chi connectivity index (χ2n) is 4.53. The van der Waals surface area contributed by atoms with E-state index < -0.39 is 5.97 Å². The molecule has 16 heavy (non-hydrogen) atoms. The number of carboxylic acid groups (broad SMARTS) is 1. The minimum absolute atomic E-state index is 0.267. The summed E-state index contributed by atoms with van der Waals surface area (Å²) in [5.41, 5.74) is 0. The molecule has 0 aliphatic heterocycles. The van der Waals surface area contributed by atoms with Gasteiger partial charge in [-0.05, 0) is 59.8 Å². The van der Waals surface area contributed by atoms with Gasteiger partial charge >= 0.3 is 5.97 Å². The summed E-state index contributed by atoms with van der Waals surface area (Å²) in [6, 6.07) is 0.614. The number of hydrogen-bond donors (Lipinski definition) is 2. The summed E-state index contributed by atoms with van der Waals surface area (Å²) in [6.45, 7) is 7.33. The normalized spacial score (nSPS) is 11.3. The molecular formula is C12H26N2O2. The highest BCUT2D eigenvalue weighted by Gasteiger charge is 2.01. The van der Waals surface area contributed by atoms with Gasteiger partial charge in [-0.15, -0.1) is 0 Å². The van der Waals surface area contributed by atoms with Crippen LogP contribution < -0.4 is 5.32 Å². The zero-order valence-corrected chi connectivity index (χ0v) is 10.8. The highest BCUT2D eigenvalue weighted by atomic mass is 16.4. The second kappa shape index (κ2) is 9.60. The molecule has 0 aliphatic rings. The van der Waals surface area contributed by atoms with E-state index >= 15 is 0 Å². The molecule has 0 unspecified atom stereocenters. The second-order valence-corrected chi connectivity index (χ2v) is 4.53. The Morgan fingerprint density at radius 3 is 2.44 bits per heavy atom. The zero-order valence-electron chi connectivity index (χ0n) is 10.8. The molecular weight excluding hydrogens is 204 g/mol. The van der Waals surface area contributed by atoms with E-state index in [2.05, 4.69) is 31.1 Å². The minimum atomic E-state index is -0.708. The van der Waals surface area contributed by atoms with Crippen molar-refractivity contribution in [3.05, 3.63) is 0 Å². The lowest BCUT2D eigenvalue weighted by molar-refractivity contribution is -0.137. The summed E-state index contributed by atoms with van der Waals surface area (Å²) in [6.07, 6.45) is 3.34. The van der Waals surface area contributed by atoms with Crippen molar-refractivity contribution in [3.8, 4) is 0 Å². The SMILES string of the molecule is CC(C)N(C)CCCCNCCCC(=O)O. The molecule has 0 aromatic heterocycles.